The first-order valence-electron chi connectivity index (χ1n) is 8.25. The zero-order chi connectivity index (χ0) is 20.1. The van der Waals surface area contributed by atoms with Crippen LogP contribution in [-0.4, -0.2) is 22.1 Å². The molecule has 0 radical (unpaired) electrons. The highest BCUT2D eigenvalue weighted by molar-refractivity contribution is 7.80. The average Bonchev–Trinajstić information content (AvgIpc) is 2.70. The van der Waals surface area contributed by atoms with Gasteiger partial charge in [-0.3, -0.25) is 10.1 Å². The number of aromatic carboxylic acids is 1. The summed E-state index contributed by atoms with van der Waals surface area (Å²) < 4.78 is 0. The van der Waals surface area contributed by atoms with Crippen molar-refractivity contribution in [3.8, 4) is 11.1 Å². The normalized spacial score (nSPS) is 10.2. The fraction of sp³-hybridized carbons (Fsp3) is 0. The summed E-state index contributed by atoms with van der Waals surface area (Å²) in [4.78, 5) is 23.7. The van der Waals surface area contributed by atoms with Crippen molar-refractivity contribution in [3.63, 3.8) is 0 Å². The molecule has 0 spiro atoms. The van der Waals surface area contributed by atoms with Crippen molar-refractivity contribution < 1.29 is 14.7 Å². The van der Waals surface area contributed by atoms with Gasteiger partial charge in [-0.2, -0.15) is 0 Å². The van der Waals surface area contributed by atoms with E-state index in [9.17, 15) is 14.7 Å². The number of thiocarbonyl (C=S) groups is 1. The van der Waals surface area contributed by atoms with Gasteiger partial charge >= 0.3 is 5.97 Å². The molecule has 3 aromatic carbocycles. The molecule has 0 aliphatic heterocycles. The zero-order valence-corrected chi connectivity index (χ0v) is 16.1. The van der Waals surface area contributed by atoms with E-state index in [4.69, 9.17) is 23.8 Å². The van der Waals surface area contributed by atoms with Crippen LogP contribution in [0, 0.1) is 0 Å². The summed E-state index contributed by atoms with van der Waals surface area (Å²) in [6.07, 6.45) is 0. The Balaban J connectivity index is 1.68. The standard InChI is InChI=1S/C21H15ClN2O3S/c22-16-10-11-18(17(12-16)20(26)27)23-21(28)24-19(25)15-8-6-14(7-9-15)13-4-2-1-3-5-13/h1-12H,(H,26,27)(H2,23,24,25,28). The fourth-order valence-electron chi connectivity index (χ4n) is 2.58. The van der Waals surface area contributed by atoms with E-state index in [1.54, 1.807) is 12.1 Å². The van der Waals surface area contributed by atoms with Gasteiger partial charge in [0.05, 0.1) is 11.3 Å². The number of carbonyl (C=O) groups is 2. The first-order chi connectivity index (χ1) is 13.4. The van der Waals surface area contributed by atoms with Crippen molar-refractivity contribution in [2.24, 2.45) is 0 Å². The van der Waals surface area contributed by atoms with E-state index in [1.165, 1.54) is 18.2 Å². The Labute approximate surface area is 172 Å². The summed E-state index contributed by atoms with van der Waals surface area (Å²) in [6, 6.07) is 21.2. The number of hydrogen-bond acceptors (Lipinski definition) is 3. The first kappa shape index (κ1) is 19.5. The van der Waals surface area contributed by atoms with Gasteiger partial charge in [-0.15, -0.1) is 0 Å². The van der Waals surface area contributed by atoms with Crippen LogP contribution in [0.2, 0.25) is 5.02 Å². The topological polar surface area (TPSA) is 78.4 Å². The molecule has 0 bridgehead atoms. The molecule has 3 N–H and O–H groups in total. The van der Waals surface area contributed by atoms with Crippen molar-refractivity contribution in [1.82, 2.24) is 5.32 Å². The highest BCUT2D eigenvalue weighted by Gasteiger charge is 2.14. The summed E-state index contributed by atoms with van der Waals surface area (Å²) in [5.41, 5.74) is 2.66. The minimum atomic E-state index is -1.16. The molecule has 28 heavy (non-hydrogen) atoms. The third-order valence-electron chi connectivity index (χ3n) is 3.94. The molecular weight excluding hydrogens is 396 g/mol. The van der Waals surface area contributed by atoms with Gasteiger partial charge in [0, 0.05) is 10.6 Å². The van der Waals surface area contributed by atoms with E-state index in [0.29, 0.717) is 5.56 Å². The van der Waals surface area contributed by atoms with Crippen molar-refractivity contribution in [1.29, 1.82) is 0 Å². The molecule has 5 nitrogen and oxygen atoms in total. The molecule has 0 saturated heterocycles. The number of nitrogens with one attached hydrogen (secondary N) is 2. The van der Waals surface area contributed by atoms with Gasteiger partial charge in [0.2, 0.25) is 0 Å². The molecule has 0 unspecified atom stereocenters. The summed E-state index contributed by atoms with van der Waals surface area (Å²) >= 11 is 10.9. The lowest BCUT2D eigenvalue weighted by molar-refractivity contribution is 0.0698. The van der Waals surface area contributed by atoms with Crippen molar-refractivity contribution in [2.45, 2.75) is 0 Å². The molecule has 0 fully saturated rings. The number of halogens is 1. The van der Waals surface area contributed by atoms with E-state index in [0.717, 1.165) is 11.1 Å². The molecule has 7 heteroatoms. The molecule has 140 valence electrons. The highest BCUT2D eigenvalue weighted by Crippen LogP contribution is 2.21. The minimum absolute atomic E-state index is 0.0121. The molecule has 3 aromatic rings. The third-order valence-corrected chi connectivity index (χ3v) is 4.38. The lowest BCUT2D eigenvalue weighted by Gasteiger charge is -2.12. The summed E-state index contributed by atoms with van der Waals surface area (Å²) in [5, 5.41) is 14.8. The number of benzene rings is 3. The Morgan fingerprint density at radius 3 is 2.18 bits per heavy atom. The Kier molecular flexibility index (Phi) is 6.03. The van der Waals surface area contributed by atoms with Crippen LogP contribution in [0.5, 0.6) is 0 Å². The zero-order valence-electron chi connectivity index (χ0n) is 14.5. The van der Waals surface area contributed by atoms with Gasteiger partial charge in [0.25, 0.3) is 5.91 Å². The predicted octanol–water partition coefficient (Wildman–Crippen LogP) is 4.83. The van der Waals surface area contributed by atoms with Crippen LogP contribution in [0.3, 0.4) is 0 Å². The van der Waals surface area contributed by atoms with Crippen LogP contribution in [0.1, 0.15) is 20.7 Å². The van der Waals surface area contributed by atoms with Crippen LogP contribution in [0.15, 0.2) is 72.8 Å². The largest absolute Gasteiger partial charge is 0.478 e. The van der Waals surface area contributed by atoms with E-state index in [1.807, 2.05) is 42.5 Å². The van der Waals surface area contributed by atoms with Gasteiger partial charge in [-0.25, -0.2) is 4.79 Å². The van der Waals surface area contributed by atoms with Crippen LogP contribution in [0.4, 0.5) is 5.69 Å². The van der Waals surface area contributed by atoms with Crippen molar-refractivity contribution in [2.75, 3.05) is 5.32 Å². The van der Waals surface area contributed by atoms with Crippen LogP contribution in [-0.2, 0) is 0 Å². The number of hydrogen-bond donors (Lipinski definition) is 3. The Morgan fingerprint density at radius 1 is 0.893 bits per heavy atom. The van der Waals surface area contributed by atoms with E-state index >= 15 is 0 Å². The number of carboxylic acids is 1. The Bertz CT molecular complexity index is 1040. The highest BCUT2D eigenvalue weighted by atomic mass is 35.5. The van der Waals surface area contributed by atoms with Crippen molar-refractivity contribution >= 4 is 46.5 Å². The third kappa shape index (κ3) is 4.73. The van der Waals surface area contributed by atoms with Gasteiger partial charge in [-0.05, 0) is 53.7 Å². The molecule has 3 rings (SSSR count). The van der Waals surface area contributed by atoms with E-state index in [2.05, 4.69) is 10.6 Å². The van der Waals surface area contributed by atoms with Crippen molar-refractivity contribution in [3.05, 3.63) is 88.9 Å². The second-order valence-corrected chi connectivity index (χ2v) is 6.69. The molecule has 0 heterocycles. The van der Waals surface area contributed by atoms with E-state index in [-0.39, 0.29) is 21.4 Å². The lowest BCUT2D eigenvalue weighted by atomic mass is 10.0. The molecular formula is C21H15ClN2O3S. The van der Waals surface area contributed by atoms with Crippen LogP contribution in [0.25, 0.3) is 11.1 Å². The molecule has 0 saturated carbocycles. The van der Waals surface area contributed by atoms with Crippen LogP contribution >= 0.6 is 23.8 Å². The quantitative estimate of drug-likeness (QED) is 0.537. The number of rotatable bonds is 4. The molecule has 1 amide bonds. The molecule has 0 atom stereocenters. The number of amides is 1. The van der Waals surface area contributed by atoms with Gasteiger partial charge in [-0.1, -0.05) is 54.1 Å². The maximum absolute atomic E-state index is 12.4. The molecule has 0 aromatic heterocycles. The smallest absolute Gasteiger partial charge is 0.337 e. The Morgan fingerprint density at radius 2 is 1.54 bits per heavy atom. The number of carbonyl (C=O) groups excluding carboxylic acids is 1. The first-order valence-corrected chi connectivity index (χ1v) is 9.03. The summed E-state index contributed by atoms with van der Waals surface area (Å²) in [7, 11) is 0. The molecule has 0 aliphatic rings. The predicted molar refractivity (Wildman–Crippen MR) is 114 cm³/mol. The van der Waals surface area contributed by atoms with Crippen LogP contribution < -0.4 is 10.6 Å². The maximum Gasteiger partial charge on any atom is 0.337 e. The monoisotopic (exact) mass is 410 g/mol. The SMILES string of the molecule is O=C(NC(=S)Nc1ccc(Cl)cc1C(=O)O)c1ccc(-c2ccccc2)cc1. The minimum Gasteiger partial charge on any atom is -0.478 e. The fourth-order valence-corrected chi connectivity index (χ4v) is 2.95. The number of carboxylic acid groups (broad SMARTS) is 1. The molecule has 0 aliphatic carbocycles. The second-order valence-electron chi connectivity index (χ2n) is 5.85. The second kappa shape index (κ2) is 8.65. The maximum atomic E-state index is 12.4. The van der Waals surface area contributed by atoms with Gasteiger partial charge in [0.15, 0.2) is 5.11 Å². The van der Waals surface area contributed by atoms with E-state index < -0.39 is 11.9 Å². The number of anilines is 1. The van der Waals surface area contributed by atoms with Gasteiger partial charge in [0.1, 0.15) is 0 Å². The Hall–Kier alpha value is -3.22. The lowest BCUT2D eigenvalue weighted by Crippen LogP contribution is -2.34. The summed E-state index contributed by atoms with van der Waals surface area (Å²) in [5.74, 6) is -1.56. The van der Waals surface area contributed by atoms with Gasteiger partial charge < -0.3 is 10.4 Å². The summed E-state index contributed by atoms with van der Waals surface area (Å²) in [6.45, 7) is 0. The average molecular weight is 411 g/mol.